The van der Waals surface area contributed by atoms with E-state index in [9.17, 15) is 24.2 Å². The smallest absolute Gasteiger partial charge is 0.308 e. The fourth-order valence-corrected chi connectivity index (χ4v) is 4.49. The lowest BCUT2D eigenvalue weighted by atomic mass is 9.94. The zero-order valence-electron chi connectivity index (χ0n) is 22.1. The number of aromatic nitrogens is 1. The summed E-state index contributed by atoms with van der Waals surface area (Å²) in [7, 11) is 1.24. The van der Waals surface area contributed by atoms with Crippen LogP contribution < -0.4 is 5.32 Å². The molecule has 3 N–H and O–H groups in total. The highest BCUT2D eigenvalue weighted by Crippen LogP contribution is 2.42. The number of carbonyl (C=O) groups is 2. The summed E-state index contributed by atoms with van der Waals surface area (Å²) >= 11 is 0. The number of rotatable bonds is 11. The van der Waals surface area contributed by atoms with Crippen LogP contribution in [0.3, 0.4) is 0 Å². The van der Waals surface area contributed by atoms with Gasteiger partial charge >= 0.3 is 5.97 Å². The second-order valence-electron chi connectivity index (χ2n) is 9.28. The van der Waals surface area contributed by atoms with Gasteiger partial charge in [-0.15, -0.1) is 0 Å². The largest absolute Gasteiger partial charge is 0.469 e. The third kappa shape index (κ3) is 6.76. The molecule has 3 rings (SSSR count). The summed E-state index contributed by atoms with van der Waals surface area (Å²) in [6.45, 7) is 6.20. The minimum atomic E-state index is -1.08. The average molecular weight is 523 g/mol. The van der Waals surface area contributed by atoms with Crippen LogP contribution in [-0.2, 0) is 9.53 Å². The molecule has 0 aliphatic rings. The molecule has 0 aliphatic heterocycles. The van der Waals surface area contributed by atoms with Crippen molar-refractivity contribution < 1.29 is 28.9 Å². The average Bonchev–Trinajstić information content (AvgIpc) is 3.24. The molecule has 7 nitrogen and oxygen atoms in total. The predicted octanol–water partition coefficient (Wildman–Crippen LogP) is 4.98. The third-order valence-corrected chi connectivity index (χ3v) is 6.13. The van der Waals surface area contributed by atoms with Gasteiger partial charge in [0, 0.05) is 35.8 Å². The Labute approximate surface area is 222 Å². The number of aliphatic hydroxyl groups is 2. The van der Waals surface area contributed by atoms with Crippen LogP contribution in [0.25, 0.3) is 28.3 Å². The van der Waals surface area contributed by atoms with Crippen LogP contribution in [0.4, 0.5) is 4.39 Å². The topological polar surface area (TPSA) is 101 Å². The van der Waals surface area contributed by atoms with E-state index in [1.807, 2.05) is 55.7 Å². The number of carbonyl (C=O) groups excluding carboxylic acids is 2. The predicted molar refractivity (Wildman–Crippen MR) is 146 cm³/mol. The van der Waals surface area contributed by atoms with E-state index in [1.165, 1.54) is 25.3 Å². The molecule has 8 heteroatoms. The SMILES string of the molecule is CCNC(=O)c1c(-c2ccccc2)c(-c2ccc(F)cc2)c(C=CC(O)CC(O)CC(=O)OC)n1C(C)C. The molecular weight excluding hydrogens is 487 g/mol. The zero-order valence-corrected chi connectivity index (χ0v) is 22.1. The molecule has 0 saturated carbocycles. The maximum absolute atomic E-state index is 13.9. The van der Waals surface area contributed by atoms with Gasteiger partial charge in [-0.25, -0.2) is 4.39 Å². The molecule has 202 valence electrons. The fraction of sp³-hybridized carbons (Fsp3) is 0.333. The zero-order chi connectivity index (χ0) is 27.8. The summed E-state index contributed by atoms with van der Waals surface area (Å²) in [5.41, 5.74) is 4.02. The molecule has 1 amide bonds. The number of hydrogen-bond acceptors (Lipinski definition) is 5. The Morgan fingerprint density at radius 3 is 2.24 bits per heavy atom. The first-order chi connectivity index (χ1) is 18.2. The Morgan fingerprint density at radius 2 is 1.66 bits per heavy atom. The van der Waals surface area contributed by atoms with Crippen molar-refractivity contribution in [3.8, 4) is 22.3 Å². The number of amides is 1. The summed E-state index contributed by atoms with van der Waals surface area (Å²) < 4.78 is 20.4. The van der Waals surface area contributed by atoms with Gasteiger partial charge in [0.05, 0.1) is 25.7 Å². The van der Waals surface area contributed by atoms with Crippen LogP contribution in [0.15, 0.2) is 60.7 Å². The van der Waals surface area contributed by atoms with Gasteiger partial charge in [0.1, 0.15) is 11.5 Å². The molecule has 0 aliphatic carbocycles. The van der Waals surface area contributed by atoms with Gasteiger partial charge in [-0.1, -0.05) is 48.5 Å². The number of nitrogens with zero attached hydrogens (tertiary/aromatic N) is 1. The molecular formula is C30H35FN2O5. The first-order valence-corrected chi connectivity index (χ1v) is 12.7. The summed E-state index contributed by atoms with van der Waals surface area (Å²) in [5.74, 6) is -1.20. The van der Waals surface area contributed by atoms with E-state index >= 15 is 0 Å². The van der Waals surface area contributed by atoms with Crippen LogP contribution in [0.2, 0.25) is 0 Å². The Bertz CT molecular complexity index is 1270. The van der Waals surface area contributed by atoms with Crippen molar-refractivity contribution in [3.05, 3.63) is 77.9 Å². The lowest BCUT2D eigenvalue weighted by Gasteiger charge is -2.17. The Balaban J connectivity index is 2.25. The van der Waals surface area contributed by atoms with Gasteiger partial charge in [-0.3, -0.25) is 9.59 Å². The van der Waals surface area contributed by atoms with Crippen molar-refractivity contribution in [1.29, 1.82) is 0 Å². The molecule has 0 spiro atoms. The molecule has 2 atom stereocenters. The van der Waals surface area contributed by atoms with E-state index in [-0.39, 0.29) is 30.6 Å². The highest BCUT2D eigenvalue weighted by molar-refractivity contribution is 6.06. The van der Waals surface area contributed by atoms with E-state index in [0.717, 1.165) is 5.56 Å². The highest BCUT2D eigenvalue weighted by Gasteiger charge is 2.29. The van der Waals surface area contributed by atoms with Crippen LogP contribution in [-0.4, -0.2) is 52.5 Å². The van der Waals surface area contributed by atoms with Crippen molar-refractivity contribution in [1.82, 2.24) is 9.88 Å². The second-order valence-corrected chi connectivity index (χ2v) is 9.28. The third-order valence-electron chi connectivity index (χ3n) is 6.13. The van der Waals surface area contributed by atoms with Crippen molar-refractivity contribution in [2.75, 3.05) is 13.7 Å². The highest BCUT2D eigenvalue weighted by atomic mass is 19.1. The second kappa shape index (κ2) is 13.2. The Kier molecular flexibility index (Phi) is 9.98. The molecule has 3 aromatic rings. The van der Waals surface area contributed by atoms with Gasteiger partial charge < -0.3 is 24.8 Å². The van der Waals surface area contributed by atoms with Gasteiger partial charge in [0.2, 0.25) is 0 Å². The lowest BCUT2D eigenvalue weighted by Crippen LogP contribution is -2.27. The van der Waals surface area contributed by atoms with Gasteiger partial charge in [0.15, 0.2) is 0 Å². The number of esters is 1. The standard InChI is InChI=1S/C30H35FN2O5/c1-5-32-30(37)29-28(20-9-7-6-8-10-20)27(21-11-13-22(31)14-12-21)25(33(29)19(2)3)16-15-23(34)17-24(35)18-26(36)38-4/h6-16,19,23-24,34-35H,5,17-18H2,1-4H3,(H,32,37). The molecule has 2 aromatic carbocycles. The van der Waals surface area contributed by atoms with Crippen LogP contribution in [0.1, 0.15) is 55.8 Å². The van der Waals surface area contributed by atoms with Gasteiger partial charge in [0.25, 0.3) is 5.91 Å². The van der Waals surface area contributed by atoms with Gasteiger partial charge in [-0.2, -0.15) is 0 Å². The minimum absolute atomic E-state index is 0.0748. The van der Waals surface area contributed by atoms with E-state index in [4.69, 9.17) is 0 Å². The molecule has 0 bridgehead atoms. The number of benzene rings is 2. The maximum atomic E-state index is 13.9. The normalized spacial score (nSPS) is 13.1. The summed E-state index contributed by atoms with van der Waals surface area (Å²) in [4.78, 5) is 25.0. The molecule has 2 unspecified atom stereocenters. The number of ether oxygens (including phenoxy) is 1. The number of hydrogen-bond donors (Lipinski definition) is 3. The fourth-order valence-electron chi connectivity index (χ4n) is 4.49. The number of methoxy groups -OCH3 is 1. The Hall–Kier alpha value is -3.75. The van der Waals surface area contributed by atoms with E-state index in [1.54, 1.807) is 18.2 Å². The van der Waals surface area contributed by atoms with Crippen LogP contribution >= 0.6 is 0 Å². The van der Waals surface area contributed by atoms with E-state index in [0.29, 0.717) is 34.6 Å². The molecule has 0 fully saturated rings. The molecule has 38 heavy (non-hydrogen) atoms. The Morgan fingerprint density at radius 1 is 1.03 bits per heavy atom. The first-order valence-electron chi connectivity index (χ1n) is 12.7. The minimum Gasteiger partial charge on any atom is -0.469 e. The summed E-state index contributed by atoms with van der Waals surface area (Å²) in [6.07, 6.45) is 0.778. The number of halogens is 1. The van der Waals surface area contributed by atoms with Crippen molar-refractivity contribution in [2.24, 2.45) is 0 Å². The monoisotopic (exact) mass is 522 g/mol. The van der Waals surface area contributed by atoms with Crippen LogP contribution in [0, 0.1) is 5.82 Å². The summed E-state index contributed by atoms with van der Waals surface area (Å²) in [6, 6.07) is 15.4. The summed E-state index contributed by atoms with van der Waals surface area (Å²) in [5, 5.41) is 23.7. The molecule has 0 saturated heterocycles. The van der Waals surface area contributed by atoms with Crippen molar-refractivity contribution in [3.63, 3.8) is 0 Å². The lowest BCUT2D eigenvalue weighted by molar-refractivity contribution is -0.143. The molecule has 1 heterocycles. The number of aliphatic hydroxyl groups excluding tert-OH is 2. The van der Waals surface area contributed by atoms with Crippen LogP contribution in [0.5, 0.6) is 0 Å². The first kappa shape index (κ1) is 28.8. The maximum Gasteiger partial charge on any atom is 0.308 e. The number of nitrogens with one attached hydrogen (secondary N) is 1. The molecule has 0 radical (unpaired) electrons. The van der Waals surface area contributed by atoms with Crippen molar-refractivity contribution in [2.45, 2.75) is 51.9 Å². The quantitative estimate of drug-likeness (QED) is 0.309. The molecule has 1 aromatic heterocycles. The van der Waals surface area contributed by atoms with Gasteiger partial charge in [-0.05, 0) is 50.1 Å². The van der Waals surface area contributed by atoms with E-state index < -0.39 is 18.2 Å². The van der Waals surface area contributed by atoms with E-state index in [2.05, 4.69) is 10.1 Å². The van der Waals surface area contributed by atoms with Crippen molar-refractivity contribution >= 4 is 18.0 Å².